The number of aromatic hydroxyl groups is 1. The van der Waals surface area contributed by atoms with Crippen molar-refractivity contribution in [2.75, 3.05) is 19.6 Å². The van der Waals surface area contributed by atoms with Crippen LogP contribution >= 0.6 is 23.7 Å². The number of nitrogens with two attached hydrogens (primary N) is 1. The van der Waals surface area contributed by atoms with Crippen LogP contribution in [0.1, 0.15) is 92.6 Å². The molecule has 29 nitrogen and oxygen atoms in total. The van der Waals surface area contributed by atoms with Crippen LogP contribution in [0, 0.1) is 5.92 Å². The van der Waals surface area contributed by atoms with E-state index in [1.165, 1.54) is 61.3 Å². The van der Waals surface area contributed by atoms with Crippen LogP contribution in [0.2, 0.25) is 0 Å². The van der Waals surface area contributed by atoms with Crippen molar-refractivity contribution in [2.24, 2.45) is 11.7 Å². The monoisotopic (exact) mass is 1270 g/mol. The standard InChI is InChI=1S/C56H70N10O19S2.Na/c1-26-24-66-46(47(26)74)52(79)58-23-34(68)20-36(59-48(75)31-11-15-33(16-12-31)54-64-63-53(86-54)32-13-9-30(10-14-32)29-6-4-3-5-7-29)49(76)60-43(27(2)67)55(80)65-25-35(69)21-37(65)50(77)61-44(51(78)62-45(56(66)81)40(72)22-42(57)73)39(71)18-28-8-17-38(70)41(19-28)83-87-85-84-82;/h8-17,19,26-27,29,34-37,39-40,43-47,67-72,74,82H,3-7,18,20-25H2,1-2H3,(H2,57,73)(H,58,79)(H,59,75)(H,60,76)(H,61,77)(H,62,78);/q;+1/p-1/t26?,27?,34?,35?,36-,37?,39?,40?,43?,44?,45?,46?,47?;/m0./s1. The summed E-state index contributed by atoms with van der Waals surface area (Å²) in [5.74, 6) is -10.6. The predicted octanol–water partition coefficient (Wildman–Crippen LogP) is -5.38. The van der Waals surface area contributed by atoms with Gasteiger partial charge in [-0.1, -0.05) is 80.0 Å². The summed E-state index contributed by atoms with van der Waals surface area (Å²) in [6.45, 7) is 0.876. The number of nitrogens with zero attached hydrogens (tertiary/aromatic N) is 4. The average molecular weight is 1270 g/mol. The Bertz CT molecular complexity index is 3130. The second-order valence-electron chi connectivity index (χ2n) is 22.2. The fraction of sp³-hybridized carbons (Fsp3) is 0.500. The molecule has 0 bridgehead atoms. The molecule has 4 heterocycles. The van der Waals surface area contributed by atoms with E-state index in [9.17, 15) is 79.4 Å². The molecule has 14 N–H and O–H groups in total. The molecule has 88 heavy (non-hydrogen) atoms. The number of rotatable bonds is 16. The Kier molecular flexibility index (Phi) is 24.6. The average Bonchev–Trinajstić information content (AvgIpc) is 2.11. The van der Waals surface area contributed by atoms with Crippen molar-refractivity contribution < 1.29 is 122 Å². The molecule has 1 aromatic heterocycles. The second-order valence-corrected chi connectivity index (χ2v) is 23.6. The first-order valence-electron chi connectivity index (χ1n) is 28.1. The molecule has 3 saturated heterocycles. The molecule has 1 aliphatic carbocycles. The van der Waals surface area contributed by atoms with E-state index in [1.54, 1.807) is 12.1 Å². The summed E-state index contributed by atoms with van der Waals surface area (Å²) in [6, 6.07) is 6.23. The number of fused-ring (bicyclic) bond motifs is 2. The van der Waals surface area contributed by atoms with Crippen molar-refractivity contribution in [1.29, 1.82) is 0 Å². The van der Waals surface area contributed by atoms with Gasteiger partial charge in [-0.3, -0.25) is 43.4 Å². The van der Waals surface area contributed by atoms with Crippen molar-refractivity contribution >= 4 is 70.9 Å². The number of primary amides is 1. The Labute approximate surface area is 534 Å². The number of phenols is 1. The summed E-state index contributed by atoms with van der Waals surface area (Å²) in [6.07, 6.45) is -7.61. The molecule has 12 unspecified atom stereocenters. The third-order valence-corrected chi connectivity index (χ3v) is 17.2. The van der Waals surface area contributed by atoms with Gasteiger partial charge < -0.3 is 87.3 Å². The fourth-order valence-electron chi connectivity index (χ4n) is 11.2. The number of hydrogen-bond donors (Lipinski definition) is 13. The quantitative estimate of drug-likeness (QED) is 0.0164. The molecule has 8 rings (SSSR count). The van der Waals surface area contributed by atoms with Gasteiger partial charge in [0.1, 0.15) is 46.3 Å². The molecule has 1 saturated carbocycles. The number of benzene rings is 3. The maximum Gasteiger partial charge on any atom is 1.00 e. The second kappa shape index (κ2) is 31.3. The van der Waals surface area contributed by atoms with Crippen LogP contribution in [0.4, 0.5) is 0 Å². The van der Waals surface area contributed by atoms with Gasteiger partial charge in [-0.2, -0.15) is 0 Å². The van der Waals surface area contributed by atoms with Gasteiger partial charge in [-0.25, -0.2) is 0 Å². The summed E-state index contributed by atoms with van der Waals surface area (Å²) in [4.78, 5) is 115. The minimum absolute atomic E-state index is 0. The number of hydrogen-bond acceptors (Lipinski definition) is 23. The Morgan fingerprint density at radius 1 is 0.784 bits per heavy atom. The Morgan fingerprint density at radius 3 is 2.05 bits per heavy atom. The number of carbonyl (C=O) groups excluding carboxylic acids is 8. The van der Waals surface area contributed by atoms with Crippen LogP contribution in [-0.4, -0.2) is 196 Å². The molecule has 4 aliphatic rings. The molecule has 4 aromatic rings. The summed E-state index contributed by atoms with van der Waals surface area (Å²) in [5.41, 5.74) is 8.29. The molecule has 0 radical (unpaired) electrons. The zero-order valence-corrected chi connectivity index (χ0v) is 51.8. The van der Waals surface area contributed by atoms with Gasteiger partial charge in [-0.05, 0) is 61.1 Å². The van der Waals surface area contributed by atoms with E-state index in [4.69, 9.17) is 9.92 Å². The number of phenolic OH excluding ortho intramolecular Hbond substituents is 1. The molecule has 32 heteroatoms. The van der Waals surface area contributed by atoms with E-state index >= 15 is 0 Å². The molecule has 8 amide bonds. The van der Waals surface area contributed by atoms with Gasteiger partial charge in [0.15, 0.2) is 11.5 Å². The summed E-state index contributed by atoms with van der Waals surface area (Å²) in [5, 5.41) is 114. The minimum atomic E-state index is -2.22. The molecular weight excluding hydrogens is 1200 g/mol. The largest absolute Gasteiger partial charge is 1.00 e. The van der Waals surface area contributed by atoms with Crippen LogP contribution in [0.3, 0.4) is 0 Å². The first-order chi connectivity index (χ1) is 41.5. The number of carbonyl (C=O) groups is 8. The van der Waals surface area contributed by atoms with Crippen molar-refractivity contribution in [1.82, 2.24) is 46.6 Å². The van der Waals surface area contributed by atoms with E-state index in [-0.39, 0.29) is 58.8 Å². The Morgan fingerprint density at radius 2 is 1.41 bits per heavy atom. The fourth-order valence-corrected chi connectivity index (χ4v) is 12.3. The minimum Gasteiger partial charge on any atom is -0.691 e. The number of nitrogens with one attached hydrogen (secondary N) is 5. The Hall–Kier alpha value is -6.43. The maximum absolute atomic E-state index is 14.7. The van der Waals surface area contributed by atoms with E-state index < -0.39 is 177 Å². The first-order valence-corrected chi connectivity index (χ1v) is 29.6. The zero-order valence-electron chi connectivity index (χ0n) is 48.1. The van der Waals surface area contributed by atoms with Crippen molar-refractivity contribution in [3.63, 3.8) is 0 Å². The number of aliphatic hydroxyl groups is 6. The number of aromatic nitrogens is 2. The van der Waals surface area contributed by atoms with E-state index in [1.807, 2.05) is 12.1 Å². The molecular formula is C56H69N10NaO19S2. The third kappa shape index (κ3) is 17.1. The van der Waals surface area contributed by atoms with Crippen LogP contribution in [0.15, 0.2) is 66.7 Å². The maximum atomic E-state index is 14.7. The van der Waals surface area contributed by atoms with Crippen molar-refractivity contribution in [2.45, 2.75) is 150 Å². The van der Waals surface area contributed by atoms with Gasteiger partial charge in [0.05, 0.1) is 43.0 Å². The number of β-amino-alcohol motifs (C(OH)–C–C–N with tert-alkyl or cyclic N) is 1. The number of amides is 8. The van der Waals surface area contributed by atoms with Crippen molar-refractivity contribution in [3.8, 4) is 32.6 Å². The van der Waals surface area contributed by atoms with Gasteiger partial charge >= 0.3 is 29.6 Å². The van der Waals surface area contributed by atoms with E-state index in [0.29, 0.717) is 21.5 Å². The summed E-state index contributed by atoms with van der Waals surface area (Å²) < 4.78 is 9.15. The molecule has 3 aliphatic heterocycles. The topological polar surface area (TPSA) is 447 Å². The SMILES string of the molecule is CC(O)C1NC(=O)[C@@H](NC(=O)c2ccc(-c3nnc(-c4ccc(C5CCCCC5)cc4)s3)cc2)CC(O)CNC(=O)C2C(O)C(C)CN2C(=O)C(C(O)CC(N)=O)NC(=O)C(C(O)Cc2ccc(O)c(OSOO[O-])c2)NC(=O)C2CC(O)CN2C1=O.[Na+]. The van der Waals surface area contributed by atoms with Crippen LogP contribution in [-0.2, 0) is 49.4 Å². The first kappa shape index (κ1) is 69.1. The van der Waals surface area contributed by atoms with Crippen LogP contribution in [0.25, 0.3) is 21.1 Å². The van der Waals surface area contributed by atoms with Gasteiger partial charge in [0.25, 0.3) is 18.2 Å². The smallest absolute Gasteiger partial charge is 0.691 e. The molecule has 4 fully saturated rings. The zero-order chi connectivity index (χ0) is 62.8. The molecule has 470 valence electrons. The van der Waals surface area contributed by atoms with E-state index in [0.717, 1.165) is 47.3 Å². The summed E-state index contributed by atoms with van der Waals surface area (Å²) >= 11 is 1.33. The van der Waals surface area contributed by atoms with E-state index in [2.05, 4.69) is 58.3 Å². The van der Waals surface area contributed by atoms with Gasteiger partial charge in [0.2, 0.25) is 41.4 Å². The molecule has 0 spiro atoms. The molecule has 3 aromatic carbocycles. The van der Waals surface area contributed by atoms with Crippen molar-refractivity contribution in [3.05, 3.63) is 83.4 Å². The predicted molar refractivity (Wildman–Crippen MR) is 304 cm³/mol. The summed E-state index contributed by atoms with van der Waals surface area (Å²) in [7, 11) is 0. The molecule has 13 atom stereocenters. The third-order valence-electron chi connectivity index (χ3n) is 15.9. The normalized spacial score (nSPS) is 26.4. The number of aliphatic hydroxyl groups excluding tert-OH is 6. The Balaban J connectivity index is 0.0000110. The van der Waals surface area contributed by atoms with Crippen LogP contribution < -0.4 is 71.3 Å². The van der Waals surface area contributed by atoms with Crippen LogP contribution in [0.5, 0.6) is 11.5 Å². The van der Waals surface area contributed by atoms with Gasteiger partial charge in [-0.15, -0.1) is 14.5 Å². The van der Waals surface area contributed by atoms with Gasteiger partial charge in [0, 0.05) is 61.5 Å².